The molecule has 0 spiro atoms. The maximum absolute atomic E-state index is 11.8. The fraction of sp³-hybridized carbons (Fsp3) is 0.524. The summed E-state index contributed by atoms with van der Waals surface area (Å²) in [5.74, 6) is -1.12. The normalized spacial score (nSPS) is 20.2. The Bertz CT molecular complexity index is 818. The zero-order chi connectivity index (χ0) is 20.3. The number of hydrogen-bond acceptors (Lipinski definition) is 4. The van der Waals surface area contributed by atoms with Crippen molar-refractivity contribution in [3.8, 4) is 5.75 Å². The van der Waals surface area contributed by atoms with E-state index in [1.54, 1.807) is 0 Å². The van der Waals surface area contributed by atoms with Crippen molar-refractivity contribution in [1.82, 2.24) is 0 Å². The summed E-state index contributed by atoms with van der Waals surface area (Å²) >= 11 is 13.0. The standard InChI is InChI=1S/C21H24Cl2O5/c1-2-21-8-4-3-6-14(21)18-13(11-21)10-15(19(22)20(18)23)28-12-17(26)27-9-5-7-16(24)25/h6,10H,2-5,7-9,11-12H2,1H3,(H,24,25). The molecule has 2 aliphatic carbocycles. The third kappa shape index (κ3) is 4.15. The van der Waals surface area contributed by atoms with E-state index in [0.717, 1.165) is 36.8 Å². The quantitative estimate of drug-likeness (QED) is 0.450. The molecular weight excluding hydrogens is 403 g/mol. The average molecular weight is 427 g/mol. The Balaban J connectivity index is 1.70. The Morgan fingerprint density at radius 2 is 2.07 bits per heavy atom. The van der Waals surface area contributed by atoms with Gasteiger partial charge in [-0.05, 0) is 61.1 Å². The van der Waals surface area contributed by atoms with E-state index in [1.165, 1.54) is 12.0 Å². The van der Waals surface area contributed by atoms with Gasteiger partial charge in [0.2, 0.25) is 0 Å². The Morgan fingerprint density at radius 3 is 2.79 bits per heavy atom. The largest absolute Gasteiger partial charge is 0.481 e. The number of carbonyl (C=O) groups excluding carboxylic acids is 1. The van der Waals surface area contributed by atoms with Crippen LogP contribution in [0.5, 0.6) is 5.75 Å². The molecule has 1 aromatic carbocycles. The van der Waals surface area contributed by atoms with Gasteiger partial charge >= 0.3 is 11.9 Å². The number of esters is 1. The molecule has 0 saturated heterocycles. The minimum absolute atomic E-state index is 0.0420. The summed E-state index contributed by atoms with van der Waals surface area (Å²) in [5.41, 5.74) is 3.55. The van der Waals surface area contributed by atoms with Crippen LogP contribution in [-0.2, 0) is 20.7 Å². The number of allylic oxidation sites excluding steroid dienone is 2. The predicted octanol–water partition coefficient (Wildman–Crippen LogP) is 5.30. The first-order valence-electron chi connectivity index (χ1n) is 9.60. The van der Waals surface area contributed by atoms with Crippen LogP contribution in [0.15, 0.2) is 12.1 Å². The number of ether oxygens (including phenoxy) is 2. The Morgan fingerprint density at radius 1 is 1.29 bits per heavy atom. The van der Waals surface area contributed by atoms with E-state index in [4.69, 9.17) is 37.8 Å². The molecule has 0 heterocycles. The molecule has 0 aliphatic heterocycles. The molecule has 28 heavy (non-hydrogen) atoms. The molecule has 0 fully saturated rings. The first-order valence-corrected chi connectivity index (χ1v) is 10.4. The van der Waals surface area contributed by atoms with Crippen molar-refractivity contribution in [2.24, 2.45) is 5.41 Å². The van der Waals surface area contributed by atoms with E-state index in [1.807, 2.05) is 6.07 Å². The molecule has 2 aliphatic rings. The molecule has 0 saturated carbocycles. The third-order valence-electron chi connectivity index (χ3n) is 5.65. The molecule has 5 nitrogen and oxygen atoms in total. The molecule has 0 amide bonds. The van der Waals surface area contributed by atoms with Gasteiger partial charge in [-0.25, -0.2) is 4.79 Å². The minimum Gasteiger partial charge on any atom is -0.481 e. The molecule has 3 rings (SSSR count). The molecule has 1 unspecified atom stereocenters. The lowest BCUT2D eigenvalue weighted by molar-refractivity contribution is -0.147. The van der Waals surface area contributed by atoms with E-state index in [2.05, 4.69) is 13.0 Å². The molecule has 1 aromatic rings. The predicted molar refractivity (Wildman–Crippen MR) is 108 cm³/mol. The van der Waals surface area contributed by atoms with Crippen LogP contribution in [-0.4, -0.2) is 30.3 Å². The van der Waals surface area contributed by atoms with E-state index in [-0.39, 0.29) is 31.5 Å². The van der Waals surface area contributed by atoms with Crippen LogP contribution >= 0.6 is 23.2 Å². The summed E-state index contributed by atoms with van der Waals surface area (Å²) in [5, 5.41) is 9.36. The third-order valence-corrected chi connectivity index (χ3v) is 6.50. The van der Waals surface area contributed by atoms with Crippen molar-refractivity contribution in [1.29, 1.82) is 0 Å². The highest BCUT2D eigenvalue weighted by atomic mass is 35.5. The van der Waals surface area contributed by atoms with Gasteiger partial charge < -0.3 is 14.6 Å². The number of rotatable bonds is 8. The van der Waals surface area contributed by atoms with E-state index in [9.17, 15) is 9.59 Å². The summed E-state index contributed by atoms with van der Waals surface area (Å²) in [6.07, 6.45) is 7.81. The summed E-state index contributed by atoms with van der Waals surface area (Å²) in [7, 11) is 0. The monoisotopic (exact) mass is 426 g/mol. The molecule has 7 heteroatoms. The summed E-state index contributed by atoms with van der Waals surface area (Å²) < 4.78 is 10.6. The second-order valence-corrected chi connectivity index (χ2v) is 8.12. The van der Waals surface area contributed by atoms with Crippen molar-refractivity contribution >= 4 is 40.7 Å². The van der Waals surface area contributed by atoms with E-state index >= 15 is 0 Å². The van der Waals surface area contributed by atoms with E-state index in [0.29, 0.717) is 15.8 Å². The summed E-state index contributed by atoms with van der Waals surface area (Å²) in [6.45, 7) is 1.95. The SMILES string of the molecule is CCC12CCCC=C1c1c(cc(OCC(=O)OCCCC(=O)O)c(Cl)c1Cl)C2. The average Bonchev–Trinajstić information content (AvgIpc) is 3.01. The van der Waals surface area contributed by atoms with Crippen molar-refractivity contribution < 1.29 is 24.2 Å². The van der Waals surface area contributed by atoms with Crippen LogP contribution < -0.4 is 4.74 Å². The molecule has 0 bridgehead atoms. The molecule has 152 valence electrons. The highest BCUT2D eigenvalue weighted by Crippen LogP contribution is 2.58. The fourth-order valence-electron chi connectivity index (χ4n) is 4.22. The maximum atomic E-state index is 11.8. The summed E-state index contributed by atoms with van der Waals surface area (Å²) in [4.78, 5) is 22.3. The molecule has 1 atom stereocenters. The minimum atomic E-state index is -0.924. The zero-order valence-corrected chi connectivity index (χ0v) is 17.4. The molecular formula is C21H24Cl2O5. The van der Waals surface area contributed by atoms with Gasteiger partial charge in [0, 0.05) is 12.0 Å². The fourth-order valence-corrected chi connectivity index (χ4v) is 4.74. The first kappa shape index (κ1) is 21.0. The van der Waals surface area contributed by atoms with Gasteiger partial charge in [-0.1, -0.05) is 36.2 Å². The van der Waals surface area contributed by atoms with Gasteiger partial charge in [-0.3, -0.25) is 4.79 Å². The van der Waals surface area contributed by atoms with Gasteiger partial charge in [-0.2, -0.15) is 0 Å². The maximum Gasteiger partial charge on any atom is 0.344 e. The number of benzene rings is 1. The lowest BCUT2D eigenvalue weighted by Crippen LogP contribution is -2.21. The van der Waals surface area contributed by atoms with Crippen LogP contribution in [0.3, 0.4) is 0 Å². The lowest BCUT2D eigenvalue weighted by atomic mass is 9.71. The second-order valence-electron chi connectivity index (χ2n) is 7.36. The van der Waals surface area contributed by atoms with Crippen LogP contribution in [0.25, 0.3) is 5.57 Å². The van der Waals surface area contributed by atoms with Crippen LogP contribution in [0, 0.1) is 5.41 Å². The van der Waals surface area contributed by atoms with Crippen LogP contribution in [0.2, 0.25) is 10.0 Å². The number of fused-ring (bicyclic) bond motifs is 3. The highest BCUT2D eigenvalue weighted by molar-refractivity contribution is 6.44. The van der Waals surface area contributed by atoms with Gasteiger partial charge in [-0.15, -0.1) is 0 Å². The Kier molecular flexibility index (Phi) is 6.56. The van der Waals surface area contributed by atoms with Gasteiger partial charge in [0.15, 0.2) is 6.61 Å². The number of carboxylic acids is 1. The highest BCUT2D eigenvalue weighted by Gasteiger charge is 2.43. The van der Waals surface area contributed by atoms with Gasteiger partial charge in [0.1, 0.15) is 10.8 Å². The topological polar surface area (TPSA) is 72.8 Å². The lowest BCUT2D eigenvalue weighted by Gasteiger charge is -2.33. The number of carboxylic acid groups (broad SMARTS) is 1. The molecule has 0 radical (unpaired) electrons. The number of hydrogen-bond donors (Lipinski definition) is 1. The Labute approximate surface area is 174 Å². The second kappa shape index (κ2) is 8.75. The van der Waals surface area contributed by atoms with Crippen molar-refractivity contribution in [2.75, 3.05) is 13.2 Å². The molecule has 1 N–H and O–H groups in total. The zero-order valence-electron chi connectivity index (χ0n) is 15.9. The number of aliphatic carboxylic acids is 1. The molecule has 0 aromatic heterocycles. The Hall–Kier alpha value is -1.72. The van der Waals surface area contributed by atoms with E-state index < -0.39 is 11.9 Å². The van der Waals surface area contributed by atoms with Crippen molar-refractivity contribution in [3.63, 3.8) is 0 Å². The van der Waals surface area contributed by atoms with Gasteiger partial charge in [0.25, 0.3) is 0 Å². The van der Waals surface area contributed by atoms with Crippen molar-refractivity contribution in [3.05, 3.63) is 33.3 Å². The number of carbonyl (C=O) groups is 2. The van der Waals surface area contributed by atoms with Crippen LogP contribution in [0.4, 0.5) is 0 Å². The van der Waals surface area contributed by atoms with Gasteiger partial charge in [0.05, 0.1) is 11.6 Å². The smallest absolute Gasteiger partial charge is 0.344 e. The summed E-state index contributed by atoms with van der Waals surface area (Å²) in [6, 6.07) is 1.89. The van der Waals surface area contributed by atoms with Crippen molar-refractivity contribution in [2.45, 2.75) is 51.9 Å². The number of halogens is 2. The first-order chi connectivity index (χ1) is 13.4. The van der Waals surface area contributed by atoms with Crippen LogP contribution in [0.1, 0.15) is 56.6 Å².